The molecule has 0 spiro atoms. The second-order valence-electron chi connectivity index (χ2n) is 9.16. The Bertz CT molecular complexity index is 2230. The average Bonchev–Trinajstić information content (AvgIpc) is 3.52. The maximum Gasteiger partial charge on any atom is 0.357 e. The smallest absolute Gasteiger partial charge is 0.357 e. The van der Waals surface area contributed by atoms with Crippen LogP contribution in [0.2, 0.25) is 0 Å². The minimum absolute atomic E-state index is 0.00921. The summed E-state index contributed by atoms with van der Waals surface area (Å²) in [7, 11) is -9.00. The minimum Gasteiger partial charge on any atom is -0.462 e. The number of H-pyrrole nitrogens is 1. The van der Waals surface area contributed by atoms with Crippen molar-refractivity contribution in [2.45, 2.75) is 16.7 Å². The van der Waals surface area contributed by atoms with Crippen LogP contribution in [-0.2, 0) is 34.6 Å². The van der Waals surface area contributed by atoms with Gasteiger partial charge in [-0.2, -0.15) is 26.9 Å². The average molecular weight is 683 g/mol. The van der Waals surface area contributed by atoms with E-state index in [9.17, 15) is 45.1 Å². The van der Waals surface area contributed by atoms with E-state index in [2.05, 4.69) is 10.2 Å². The number of aromatic amines is 1. The number of carbonyl (C=O) groups is 3. The Kier molecular flexibility index (Phi) is 9.87. The number of benzene rings is 2. The highest BCUT2D eigenvalue weighted by Crippen LogP contribution is 2.25. The summed E-state index contributed by atoms with van der Waals surface area (Å²) >= 11 is 0. The number of anilines is 1. The predicted molar refractivity (Wildman–Crippen MR) is 164 cm³/mol. The Morgan fingerprint density at radius 2 is 1.49 bits per heavy atom. The van der Waals surface area contributed by atoms with E-state index >= 15 is 0 Å². The van der Waals surface area contributed by atoms with Crippen LogP contribution in [-0.4, -0.2) is 70.8 Å². The second kappa shape index (κ2) is 13.6. The third-order valence-corrected chi connectivity index (χ3v) is 7.92. The van der Waals surface area contributed by atoms with Gasteiger partial charge in [-0.15, -0.1) is 0 Å². The van der Waals surface area contributed by atoms with Crippen LogP contribution < -0.4 is 10.6 Å². The lowest BCUT2D eigenvalue weighted by molar-refractivity contribution is -0.114. The van der Waals surface area contributed by atoms with Crippen molar-refractivity contribution in [2.75, 3.05) is 11.6 Å². The maximum absolute atomic E-state index is 13.2. The van der Waals surface area contributed by atoms with E-state index in [0.29, 0.717) is 0 Å². The van der Waals surface area contributed by atoms with Crippen LogP contribution in [0.4, 0.5) is 5.69 Å². The van der Waals surface area contributed by atoms with Crippen molar-refractivity contribution in [3.05, 3.63) is 100 Å². The molecular formula is C29H22N4O12S2. The summed E-state index contributed by atoms with van der Waals surface area (Å²) in [4.78, 5) is 50.5. The lowest BCUT2D eigenvalue weighted by Crippen LogP contribution is -2.22. The van der Waals surface area contributed by atoms with Gasteiger partial charge in [0.15, 0.2) is 11.4 Å². The molecule has 1 aliphatic heterocycles. The largest absolute Gasteiger partial charge is 0.462 e. The number of esters is 1. The van der Waals surface area contributed by atoms with Crippen molar-refractivity contribution in [2.24, 2.45) is 5.10 Å². The van der Waals surface area contributed by atoms with Crippen molar-refractivity contribution in [3.8, 4) is 17.7 Å². The Morgan fingerprint density at radius 1 is 0.915 bits per heavy atom. The maximum atomic E-state index is 13.2. The van der Waals surface area contributed by atoms with Gasteiger partial charge in [0, 0.05) is 5.92 Å². The molecule has 0 atom stereocenters. The number of aromatic nitrogens is 2. The highest BCUT2D eigenvalue weighted by atomic mass is 32.2. The normalized spacial score (nSPS) is 14.4. The number of aliphatic hydroxyl groups excluding tert-OH is 1. The Hall–Kier alpha value is -5.87. The molecule has 0 fully saturated rings. The van der Waals surface area contributed by atoms with E-state index in [1.165, 1.54) is 60.8 Å². The highest BCUT2D eigenvalue weighted by Gasteiger charge is 2.34. The number of aliphatic hydroxyl groups is 1. The molecule has 16 nitrogen and oxygen atoms in total. The summed E-state index contributed by atoms with van der Waals surface area (Å²) in [6, 6.07) is 8.93. The standard InChI is InChI=1S/C29H22N4O12S2/c1-2-45-29(38)26-23(28(37)33(31-26)19-10-14-21(15-11-19)47(42,43)44)7-5-3-4-6-22-25(24(35)16-17-34)30-32(27(22)36)18-8-12-20(13-9-18)46(39,40)41/h3-15,31,34H,2H2,1H3,(H,39,40,41)(H,42,43,44)/b4-3?,7-5?,22-6-. The molecule has 18 heteroatoms. The number of ketones is 1. The molecule has 4 rings (SSSR count). The molecule has 3 aromatic rings. The van der Waals surface area contributed by atoms with Crippen LogP contribution in [0.1, 0.15) is 23.0 Å². The van der Waals surface area contributed by atoms with Gasteiger partial charge in [0.1, 0.15) is 6.11 Å². The molecule has 0 aliphatic carbocycles. The lowest BCUT2D eigenvalue weighted by atomic mass is 10.1. The van der Waals surface area contributed by atoms with E-state index in [1.54, 1.807) is 6.92 Å². The molecule has 1 aliphatic rings. The van der Waals surface area contributed by atoms with Gasteiger partial charge in [-0.3, -0.25) is 28.6 Å². The molecular weight excluding hydrogens is 660 g/mol. The zero-order valence-corrected chi connectivity index (χ0v) is 25.5. The van der Waals surface area contributed by atoms with Crippen molar-refractivity contribution < 1.29 is 50.2 Å². The van der Waals surface area contributed by atoms with Gasteiger partial charge in [0.25, 0.3) is 37.5 Å². The third-order valence-electron chi connectivity index (χ3n) is 6.19. The van der Waals surface area contributed by atoms with Gasteiger partial charge in [-0.05, 0) is 67.6 Å². The molecule has 2 heterocycles. The van der Waals surface area contributed by atoms with Gasteiger partial charge in [-0.1, -0.05) is 18.2 Å². The first-order valence-corrected chi connectivity index (χ1v) is 15.9. The molecule has 242 valence electrons. The first-order chi connectivity index (χ1) is 22.2. The zero-order valence-electron chi connectivity index (χ0n) is 23.9. The number of ether oxygens (including phenoxy) is 1. The number of hydrazone groups is 1. The lowest BCUT2D eigenvalue weighted by Gasteiger charge is -2.11. The number of rotatable bonds is 10. The van der Waals surface area contributed by atoms with Gasteiger partial charge < -0.3 is 9.84 Å². The SMILES string of the molecule is CCOC(=O)c1[nH]n(-c2ccc(S(=O)(=O)O)cc2)c(=O)c1C=CC=C/C=C1\C(=O)N(c2ccc(S(=O)(=O)O)cc2)N=C1C(=O)C#CO. The van der Waals surface area contributed by atoms with Gasteiger partial charge in [0.05, 0.1) is 38.9 Å². The molecule has 1 aromatic heterocycles. The summed E-state index contributed by atoms with van der Waals surface area (Å²) in [6.07, 6.45) is 7.84. The fraction of sp³-hybridized carbons (Fsp3) is 0.0690. The fourth-order valence-electron chi connectivity index (χ4n) is 4.06. The third kappa shape index (κ3) is 7.51. The van der Waals surface area contributed by atoms with Crippen LogP contribution in [0, 0.1) is 12.0 Å². The number of hydrogen-bond acceptors (Lipinski definition) is 11. The number of Topliss-reactive ketones (excluding diaryl/α,β-unsaturated/α-hetero) is 1. The predicted octanol–water partition coefficient (Wildman–Crippen LogP) is 1.64. The molecule has 1 amide bonds. The van der Waals surface area contributed by atoms with Crippen LogP contribution in [0.25, 0.3) is 11.8 Å². The van der Waals surface area contributed by atoms with Gasteiger partial charge >= 0.3 is 5.97 Å². The molecule has 0 bridgehead atoms. The number of carbonyl (C=O) groups excluding carboxylic acids is 3. The van der Waals surface area contributed by atoms with Crippen molar-refractivity contribution in [1.82, 2.24) is 9.78 Å². The Morgan fingerprint density at radius 3 is 2.02 bits per heavy atom. The molecule has 2 aromatic carbocycles. The number of allylic oxidation sites excluding steroid dienone is 4. The first-order valence-electron chi connectivity index (χ1n) is 13.0. The van der Waals surface area contributed by atoms with E-state index in [-0.39, 0.29) is 34.8 Å². The first kappa shape index (κ1) is 34.0. The van der Waals surface area contributed by atoms with Crippen LogP contribution >= 0.6 is 0 Å². The summed E-state index contributed by atoms with van der Waals surface area (Å²) in [5, 5.41) is 16.2. The van der Waals surface area contributed by atoms with Crippen molar-refractivity contribution in [1.29, 1.82) is 0 Å². The number of amides is 1. The minimum atomic E-state index is -4.51. The molecule has 0 unspecified atom stereocenters. The Labute approximate surface area is 266 Å². The van der Waals surface area contributed by atoms with Crippen molar-refractivity contribution >= 4 is 55.4 Å². The van der Waals surface area contributed by atoms with Gasteiger partial charge in [0.2, 0.25) is 0 Å². The summed E-state index contributed by atoms with van der Waals surface area (Å²) in [6.45, 7) is 1.55. The van der Waals surface area contributed by atoms with Crippen LogP contribution in [0.3, 0.4) is 0 Å². The zero-order chi connectivity index (χ0) is 34.5. The number of nitrogens with zero attached hydrogens (tertiary/aromatic N) is 3. The highest BCUT2D eigenvalue weighted by molar-refractivity contribution is 7.86. The molecule has 0 radical (unpaired) electrons. The monoisotopic (exact) mass is 682 g/mol. The molecule has 0 saturated carbocycles. The molecule has 47 heavy (non-hydrogen) atoms. The molecule has 0 saturated heterocycles. The summed E-state index contributed by atoms with van der Waals surface area (Å²) < 4.78 is 69.7. The van der Waals surface area contributed by atoms with E-state index < -0.39 is 59.0 Å². The van der Waals surface area contributed by atoms with Crippen LogP contribution in [0.15, 0.2) is 98.1 Å². The van der Waals surface area contributed by atoms with Crippen LogP contribution in [0.5, 0.6) is 0 Å². The molecule has 4 N–H and O–H groups in total. The van der Waals surface area contributed by atoms with E-state index in [4.69, 9.17) is 9.84 Å². The number of hydrogen-bond donors (Lipinski definition) is 4. The Balaban J connectivity index is 1.66. The van der Waals surface area contributed by atoms with E-state index in [1.807, 2.05) is 5.92 Å². The summed E-state index contributed by atoms with van der Waals surface area (Å²) in [5.74, 6) is -0.835. The van der Waals surface area contributed by atoms with Gasteiger partial charge in [-0.25, -0.2) is 9.48 Å². The topological polar surface area (TPSA) is 243 Å². The number of nitrogens with one attached hydrogen (secondary N) is 1. The second-order valence-corrected chi connectivity index (χ2v) is 12.0. The summed E-state index contributed by atoms with van der Waals surface area (Å²) in [5.41, 5.74) is -1.63. The van der Waals surface area contributed by atoms with Crippen molar-refractivity contribution in [3.63, 3.8) is 0 Å². The van der Waals surface area contributed by atoms with E-state index in [0.717, 1.165) is 34.0 Å². The fourth-order valence-corrected chi connectivity index (χ4v) is 5.02. The quantitative estimate of drug-likeness (QED) is 0.0784.